The highest BCUT2D eigenvalue weighted by Crippen LogP contribution is 2.44. The third kappa shape index (κ3) is 6.28. The van der Waals surface area contributed by atoms with E-state index in [0.29, 0.717) is 11.8 Å². The summed E-state index contributed by atoms with van der Waals surface area (Å²) >= 11 is 0. The van der Waals surface area contributed by atoms with Crippen LogP contribution in [0.3, 0.4) is 0 Å². The predicted molar refractivity (Wildman–Crippen MR) is 258 cm³/mol. The number of hydrogen-bond acceptors (Lipinski definition) is 3. The second-order valence-corrected chi connectivity index (χ2v) is 17.8. The van der Waals surface area contributed by atoms with Crippen molar-refractivity contribution in [2.75, 3.05) is 4.90 Å². The molecule has 0 atom stereocenters. The molecule has 304 valence electrons. The highest BCUT2D eigenvalue weighted by Gasteiger charge is 2.26. The Hall–Kier alpha value is -6.72. The zero-order chi connectivity index (χ0) is 41.0. The largest absolute Gasteiger partial charge is 0.310 e. The zero-order valence-electron chi connectivity index (χ0n) is 35.3. The van der Waals surface area contributed by atoms with E-state index < -0.39 is 0 Å². The smallest absolute Gasteiger partial charge is 0.145 e. The van der Waals surface area contributed by atoms with Gasteiger partial charge in [0.25, 0.3) is 0 Å². The van der Waals surface area contributed by atoms with Crippen LogP contribution in [0.25, 0.3) is 54.9 Å². The van der Waals surface area contributed by atoms with Crippen molar-refractivity contribution in [2.24, 2.45) is 0 Å². The zero-order valence-corrected chi connectivity index (χ0v) is 35.3. The summed E-state index contributed by atoms with van der Waals surface area (Å²) in [5.74, 6) is 2.20. The van der Waals surface area contributed by atoms with Gasteiger partial charge in [0, 0.05) is 63.1 Å². The second-order valence-electron chi connectivity index (χ2n) is 17.8. The molecule has 6 aromatic carbocycles. The maximum atomic E-state index is 5.37. The number of imidazole rings is 1. The van der Waals surface area contributed by atoms with Gasteiger partial charge in [0.2, 0.25) is 0 Å². The van der Waals surface area contributed by atoms with Gasteiger partial charge in [-0.05, 0) is 120 Å². The standard InChI is InChI=1S/C57H51N5/c1-4-17-39(18-5-1)45-25-16-26-46(40-19-6-2-7-20-40)51(45)36-44-38-59-57-52-35-42(30-32-47(52)48-23-10-12-27-53(48)61(44)57)60(41-21-8-3-9-22-41)43-31-33-50-49-24-11-13-28-54(49)62(55(50)37-43)56-29-14-15-34-58-56/h3,8-16,21-35,37-40H,1-2,4-7,17-20,36H2. The molecule has 0 aliphatic heterocycles. The molecule has 62 heavy (non-hydrogen) atoms. The number of para-hydroxylation sites is 3. The van der Waals surface area contributed by atoms with Gasteiger partial charge >= 0.3 is 0 Å². The van der Waals surface area contributed by atoms with Gasteiger partial charge in [-0.15, -0.1) is 0 Å². The molecule has 5 nitrogen and oxygen atoms in total. The Morgan fingerprint density at radius 2 is 1.08 bits per heavy atom. The average Bonchev–Trinajstić information content (AvgIpc) is 3.92. The van der Waals surface area contributed by atoms with Gasteiger partial charge in [-0.2, -0.15) is 0 Å². The van der Waals surface area contributed by atoms with Gasteiger partial charge in [-0.25, -0.2) is 9.97 Å². The lowest BCUT2D eigenvalue weighted by Crippen LogP contribution is -2.14. The summed E-state index contributed by atoms with van der Waals surface area (Å²) in [4.78, 5) is 12.6. The molecular formula is C57H51N5. The summed E-state index contributed by atoms with van der Waals surface area (Å²) in [6, 6.07) is 55.7. The van der Waals surface area contributed by atoms with Crippen molar-refractivity contribution in [1.82, 2.24) is 18.9 Å². The number of fused-ring (bicyclic) bond motifs is 9. The summed E-state index contributed by atoms with van der Waals surface area (Å²) in [5.41, 5.74) is 13.8. The predicted octanol–water partition coefficient (Wildman–Crippen LogP) is 15.3. The van der Waals surface area contributed by atoms with Crippen molar-refractivity contribution in [1.29, 1.82) is 0 Å². The van der Waals surface area contributed by atoms with Crippen molar-refractivity contribution in [3.8, 4) is 5.82 Å². The molecule has 5 heteroatoms. The van der Waals surface area contributed by atoms with E-state index in [1.165, 1.54) is 97.0 Å². The maximum Gasteiger partial charge on any atom is 0.145 e. The van der Waals surface area contributed by atoms with Gasteiger partial charge in [-0.3, -0.25) is 8.97 Å². The van der Waals surface area contributed by atoms with E-state index in [1.807, 2.05) is 12.3 Å². The van der Waals surface area contributed by atoms with Crippen LogP contribution in [0.1, 0.15) is 98.4 Å². The Morgan fingerprint density at radius 3 is 1.79 bits per heavy atom. The van der Waals surface area contributed by atoms with Crippen LogP contribution in [0, 0.1) is 0 Å². The number of rotatable bonds is 8. The number of aromatic nitrogens is 4. The lowest BCUT2D eigenvalue weighted by Gasteiger charge is -2.30. The first kappa shape index (κ1) is 37.1. The molecule has 0 radical (unpaired) electrons. The van der Waals surface area contributed by atoms with Crippen LogP contribution in [-0.2, 0) is 6.42 Å². The van der Waals surface area contributed by atoms with Gasteiger partial charge in [0.15, 0.2) is 0 Å². The van der Waals surface area contributed by atoms with Crippen molar-refractivity contribution in [3.63, 3.8) is 0 Å². The molecule has 2 aliphatic carbocycles. The Kier molecular flexibility index (Phi) is 9.35. The fraction of sp³-hybridized carbons (Fsp3) is 0.228. The summed E-state index contributed by atoms with van der Waals surface area (Å²) in [7, 11) is 0. The average molecular weight is 806 g/mol. The Bertz CT molecular complexity index is 3200. The van der Waals surface area contributed by atoms with Crippen LogP contribution in [0.5, 0.6) is 0 Å². The minimum Gasteiger partial charge on any atom is -0.310 e. The van der Waals surface area contributed by atoms with E-state index in [2.05, 4.69) is 166 Å². The van der Waals surface area contributed by atoms with Crippen LogP contribution in [0.4, 0.5) is 17.1 Å². The fourth-order valence-corrected chi connectivity index (χ4v) is 11.4. The summed E-state index contributed by atoms with van der Waals surface area (Å²) in [5, 5.41) is 6.05. The third-order valence-electron chi connectivity index (χ3n) is 14.3. The lowest BCUT2D eigenvalue weighted by atomic mass is 9.76. The quantitative estimate of drug-likeness (QED) is 0.144. The number of nitrogens with zero attached hydrogens (tertiary/aromatic N) is 5. The van der Waals surface area contributed by atoms with Gasteiger partial charge < -0.3 is 4.90 Å². The number of benzene rings is 6. The number of anilines is 3. The molecule has 12 rings (SSSR count). The monoisotopic (exact) mass is 805 g/mol. The van der Waals surface area contributed by atoms with Crippen LogP contribution >= 0.6 is 0 Å². The normalized spacial score (nSPS) is 15.4. The number of hydrogen-bond donors (Lipinski definition) is 0. The van der Waals surface area contributed by atoms with Crippen LogP contribution in [-0.4, -0.2) is 18.9 Å². The fourth-order valence-electron chi connectivity index (χ4n) is 11.4. The second kappa shape index (κ2) is 15.6. The van der Waals surface area contributed by atoms with E-state index in [9.17, 15) is 0 Å². The van der Waals surface area contributed by atoms with E-state index >= 15 is 0 Å². The van der Waals surface area contributed by atoms with Crippen LogP contribution < -0.4 is 4.90 Å². The molecule has 4 aromatic heterocycles. The van der Waals surface area contributed by atoms with Crippen molar-refractivity contribution in [2.45, 2.75) is 82.5 Å². The highest BCUT2D eigenvalue weighted by molar-refractivity contribution is 6.13. The van der Waals surface area contributed by atoms with Gasteiger partial charge in [0.05, 0.1) is 16.6 Å². The summed E-state index contributed by atoms with van der Waals surface area (Å²) in [6.07, 6.45) is 18.3. The first-order valence-corrected chi connectivity index (χ1v) is 23.0. The summed E-state index contributed by atoms with van der Waals surface area (Å²) in [6.45, 7) is 0. The molecule has 0 amide bonds. The van der Waals surface area contributed by atoms with E-state index in [1.54, 1.807) is 16.7 Å². The summed E-state index contributed by atoms with van der Waals surface area (Å²) < 4.78 is 4.79. The molecule has 2 aliphatic rings. The Balaban J connectivity index is 1.04. The molecule has 0 spiro atoms. The minimum atomic E-state index is 0.648. The van der Waals surface area contributed by atoms with Gasteiger partial charge in [0.1, 0.15) is 11.5 Å². The molecule has 0 N–H and O–H groups in total. The van der Waals surface area contributed by atoms with E-state index in [4.69, 9.17) is 9.97 Å². The third-order valence-corrected chi connectivity index (χ3v) is 14.3. The number of pyridine rings is 2. The van der Waals surface area contributed by atoms with Gasteiger partial charge in [-0.1, -0.05) is 130 Å². The molecule has 2 saturated carbocycles. The highest BCUT2D eigenvalue weighted by atomic mass is 15.1. The lowest BCUT2D eigenvalue weighted by molar-refractivity contribution is 0.432. The Labute approximate surface area is 363 Å². The molecule has 10 aromatic rings. The molecule has 0 unspecified atom stereocenters. The van der Waals surface area contributed by atoms with Crippen molar-refractivity contribution >= 4 is 66.2 Å². The molecule has 0 saturated heterocycles. The van der Waals surface area contributed by atoms with Crippen LogP contribution in [0.2, 0.25) is 0 Å². The van der Waals surface area contributed by atoms with E-state index in [0.717, 1.165) is 51.4 Å². The maximum absolute atomic E-state index is 5.37. The van der Waals surface area contributed by atoms with Crippen LogP contribution in [0.15, 0.2) is 164 Å². The molecule has 4 heterocycles. The molecule has 0 bridgehead atoms. The Morgan fingerprint density at radius 1 is 0.468 bits per heavy atom. The first-order chi connectivity index (χ1) is 30.8. The first-order valence-electron chi connectivity index (χ1n) is 23.0. The topological polar surface area (TPSA) is 38.4 Å². The molecule has 2 fully saturated rings. The SMILES string of the molecule is c1ccc(N(c2ccc3c4ccccc4n4c(Cc5c(C6CCCCC6)cccc5C5CCCCC5)cnc4c3c2)c2ccc3c4ccccc4n(-c4ccccn4)c3c2)cc1. The van der Waals surface area contributed by atoms with Crippen molar-refractivity contribution in [3.05, 3.63) is 186 Å². The van der Waals surface area contributed by atoms with E-state index in [-0.39, 0.29) is 0 Å². The van der Waals surface area contributed by atoms with Crippen molar-refractivity contribution < 1.29 is 0 Å². The minimum absolute atomic E-state index is 0.648. The molecular weight excluding hydrogens is 755 g/mol.